The van der Waals surface area contributed by atoms with Crippen molar-refractivity contribution in [2.45, 2.75) is 26.4 Å². The number of aliphatic hydroxyl groups is 1. The van der Waals surface area contributed by atoms with Crippen molar-refractivity contribution in [1.82, 2.24) is 4.90 Å². The molecule has 0 aliphatic heterocycles. The van der Waals surface area contributed by atoms with Crippen LogP contribution in [-0.4, -0.2) is 30.1 Å². The lowest BCUT2D eigenvalue weighted by Gasteiger charge is -2.22. The molecule has 0 spiro atoms. The zero-order chi connectivity index (χ0) is 15.2. The third-order valence-corrected chi connectivity index (χ3v) is 3.89. The normalized spacial score (nSPS) is 12.6. The molecule has 1 N–H and O–H groups in total. The van der Waals surface area contributed by atoms with E-state index in [9.17, 15) is 5.11 Å². The van der Waals surface area contributed by atoms with Crippen LogP contribution < -0.4 is 0 Å². The molecule has 0 aromatic heterocycles. The van der Waals surface area contributed by atoms with E-state index in [-0.39, 0.29) is 0 Å². The zero-order valence-electron chi connectivity index (χ0n) is 13.2. The van der Waals surface area contributed by atoms with Gasteiger partial charge in [0, 0.05) is 13.1 Å². The van der Waals surface area contributed by atoms with Crippen molar-refractivity contribution in [2.75, 3.05) is 20.1 Å². The molecule has 21 heavy (non-hydrogen) atoms. The number of likely N-dealkylation sites (N-methyl/N-ethyl adjacent to an activating group) is 1. The van der Waals surface area contributed by atoms with Crippen LogP contribution in [0.2, 0.25) is 0 Å². The van der Waals surface area contributed by atoms with Crippen LogP contribution in [-0.2, 0) is 6.42 Å². The minimum Gasteiger partial charge on any atom is -0.387 e. The molecular weight excluding hydrogens is 258 g/mol. The van der Waals surface area contributed by atoms with Gasteiger partial charge >= 0.3 is 0 Å². The van der Waals surface area contributed by atoms with Crippen LogP contribution in [0.4, 0.5) is 0 Å². The van der Waals surface area contributed by atoms with Gasteiger partial charge in [-0.1, -0.05) is 54.1 Å². The molecule has 0 bridgehead atoms. The van der Waals surface area contributed by atoms with Gasteiger partial charge in [-0.25, -0.2) is 0 Å². The first-order chi connectivity index (χ1) is 10.1. The average molecular weight is 283 g/mol. The highest BCUT2D eigenvalue weighted by Gasteiger charge is 2.13. The van der Waals surface area contributed by atoms with Crippen LogP contribution in [0, 0.1) is 13.8 Å². The summed E-state index contributed by atoms with van der Waals surface area (Å²) in [5.74, 6) is 0. The summed E-state index contributed by atoms with van der Waals surface area (Å²) in [6.07, 6.45) is 0.586. The maximum Gasteiger partial charge on any atom is 0.0919 e. The van der Waals surface area contributed by atoms with Crippen LogP contribution in [0.1, 0.15) is 28.4 Å². The van der Waals surface area contributed by atoms with Crippen LogP contribution in [0.3, 0.4) is 0 Å². The topological polar surface area (TPSA) is 23.5 Å². The molecule has 2 heteroatoms. The van der Waals surface area contributed by atoms with Crippen molar-refractivity contribution in [3.8, 4) is 0 Å². The van der Waals surface area contributed by atoms with E-state index in [0.29, 0.717) is 6.54 Å². The van der Waals surface area contributed by atoms with Crippen LogP contribution >= 0.6 is 0 Å². The largest absolute Gasteiger partial charge is 0.387 e. The fourth-order valence-electron chi connectivity index (χ4n) is 2.65. The minimum absolute atomic E-state index is 0.425. The molecule has 2 aromatic carbocycles. The molecule has 0 saturated heterocycles. The Kier molecular flexibility index (Phi) is 5.54. The monoisotopic (exact) mass is 283 g/mol. The van der Waals surface area contributed by atoms with Gasteiger partial charge in [0.05, 0.1) is 6.10 Å². The third-order valence-electron chi connectivity index (χ3n) is 3.89. The highest BCUT2D eigenvalue weighted by Crippen LogP contribution is 2.19. The predicted molar refractivity (Wildman–Crippen MR) is 88.5 cm³/mol. The number of benzene rings is 2. The van der Waals surface area contributed by atoms with Gasteiger partial charge in [-0.2, -0.15) is 0 Å². The molecule has 0 aliphatic carbocycles. The first kappa shape index (κ1) is 15.7. The second kappa shape index (κ2) is 7.39. The van der Waals surface area contributed by atoms with Crippen LogP contribution in [0.15, 0.2) is 48.5 Å². The highest BCUT2D eigenvalue weighted by atomic mass is 16.3. The zero-order valence-corrected chi connectivity index (χ0v) is 13.2. The number of aliphatic hydroxyl groups excluding tert-OH is 1. The van der Waals surface area contributed by atoms with Gasteiger partial charge < -0.3 is 10.0 Å². The fraction of sp³-hybridized carbons (Fsp3) is 0.368. The van der Waals surface area contributed by atoms with E-state index < -0.39 is 6.10 Å². The Hall–Kier alpha value is -1.64. The summed E-state index contributed by atoms with van der Waals surface area (Å²) >= 11 is 0. The van der Waals surface area contributed by atoms with Crippen molar-refractivity contribution in [3.63, 3.8) is 0 Å². The second-order valence-corrected chi connectivity index (χ2v) is 5.87. The Morgan fingerprint density at radius 3 is 2.43 bits per heavy atom. The van der Waals surface area contributed by atoms with Crippen molar-refractivity contribution in [2.24, 2.45) is 0 Å². The number of hydrogen-bond acceptors (Lipinski definition) is 2. The van der Waals surface area contributed by atoms with Gasteiger partial charge in [0.15, 0.2) is 0 Å². The lowest BCUT2D eigenvalue weighted by Crippen LogP contribution is -2.27. The van der Waals surface area contributed by atoms with Crippen molar-refractivity contribution in [1.29, 1.82) is 0 Å². The van der Waals surface area contributed by atoms with Crippen molar-refractivity contribution in [3.05, 3.63) is 70.8 Å². The summed E-state index contributed by atoms with van der Waals surface area (Å²) in [7, 11) is 2.07. The molecule has 2 rings (SSSR count). The van der Waals surface area contributed by atoms with Crippen molar-refractivity contribution < 1.29 is 5.11 Å². The first-order valence-electron chi connectivity index (χ1n) is 7.54. The highest BCUT2D eigenvalue weighted by molar-refractivity contribution is 5.32. The standard InChI is InChI=1S/C19H25NO/c1-15-9-10-18(16(2)13-15)19(21)14-20(3)12-11-17-7-5-4-6-8-17/h4-10,13,19,21H,11-12,14H2,1-3H3. The summed E-state index contributed by atoms with van der Waals surface area (Å²) in [6, 6.07) is 16.7. The summed E-state index contributed by atoms with van der Waals surface area (Å²) in [4.78, 5) is 2.19. The smallest absolute Gasteiger partial charge is 0.0919 e. The molecular formula is C19H25NO. The summed E-state index contributed by atoms with van der Waals surface area (Å²) in [5, 5.41) is 10.4. The minimum atomic E-state index is -0.425. The van der Waals surface area contributed by atoms with Gasteiger partial charge in [0.1, 0.15) is 0 Å². The second-order valence-electron chi connectivity index (χ2n) is 5.87. The number of rotatable bonds is 6. The molecule has 0 radical (unpaired) electrons. The number of aryl methyl sites for hydroxylation is 2. The van der Waals surface area contributed by atoms with E-state index >= 15 is 0 Å². The Labute approximate surface area is 128 Å². The van der Waals surface area contributed by atoms with E-state index in [2.05, 4.69) is 62.2 Å². The molecule has 2 nitrogen and oxygen atoms in total. The summed E-state index contributed by atoms with van der Waals surface area (Å²) in [6.45, 7) is 5.76. The fourth-order valence-corrected chi connectivity index (χ4v) is 2.65. The molecule has 1 unspecified atom stereocenters. The molecule has 0 amide bonds. The Morgan fingerprint density at radius 2 is 1.76 bits per heavy atom. The van der Waals surface area contributed by atoms with E-state index in [0.717, 1.165) is 18.5 Å². The molecule has 0 fully saturated rings. The molecule has 0 aliphatic rings. The lowest BCUT2D eigenvalue weighted by atomic mass is 10.0. The quantitative estimate of drug-likeness (QED) is 0.877. The maximum absolute atomic E-state index is 10.4. The Bertz CT molecular complexity index is 565. The number of nitrogens with zero attached hydrogens (tertiary/aromatic N) is 1. The Balaban J connectivity index is 1.88. The van der Waals surface area contributed by atoms with Gasteiger partial charge in [-0.15, -0.1) is 0 Å². The van der Waals surface area contributed by atoms with Gasteiger partial charge in [0.25, 0.3) is 0 Å². The molecule has 112 valence electrons. The van der Waals surface area contributed by atoms with E-state index in [1.165, 1.54) is 16.7 Å². The van der Waals surface area contributed by atoms with E-state index in [4.69, 9.17) is 0 Å². The van der Waals surface area contributed by atoms with Gasteiger partial charge in [0.2, 0.25) is 0 Å². The summed E-state index contributed by atoms with van der Waals surface area (Å²) in [5.41, 5.74) is 4.78. The van der Waals surface area contributed by atoms with Crippen LogP contribution in [0.5, 0.6) is 0 Å². The Morgan fingerprint density at radius 1 is 1.05 bits per heavy atom. The van der Waals surface area contributed by atoms with Gasteiger partial charge in [-0.05, 0) is 44.0 Å². The SMILES string of the molecule is Cc1ccc(C(O)CN(C)CCc2ccccc2)c(C)c1. The predicted octanol–water partition coefficient (Wildman–Crippen LogP) is 3.51. The van der Waals surface area contributed by atoms with E-state index in [1.54, 1.807) is 0 Å². The molecule has 0 heterocycles. The summed E-state index contributed by atoms with van der Waals surface area (Å²) < 4.78 is 0. The van der Waals surface area contributed by atoms with E-state index in [1.807, 2.05) is 12.1 Å². The first-order valence-corrected chi connectivity index (χ1v) is 7.54. The average Bonchev–Trinajstić information content (AvgIpc) is 2.46. The third kappa shape index (κ3) is 4.69. The maximum atomic E-state index is 10.4. The molecule has 0 saturated carbocycles. The van der Waals surface area contributed by atoms with Crippen molar-refractivity contribution >= 4 is 0 Å². The molecule has 2 aromatic rings. The molecule has 1 atom stereocenters. The lowest BCUT2D eigenvalue weighted by molar-refractivity contribution is 0.127. The van der Waals surface area contributed by atoms with Crippen LogP contribution in [0.25, 0.3) is 0 Å². The van der Waals surface area contributed by atoms with Gasteiger partial charge in [-0.3, -0.25) is 0 Å². The number of hydrogen-bond donors (Lipinski definition) is 1.